The Morgan fingerprint density at radius 2 is 2.33 bits per heavy atom. The number of carbonyl (C=O) groups excluding carboxylic acids is 1. The molecule has 5 atom stereocenters. The molecule has 1 N–H and O–H groups in total. The van der Waals surface area contributed by atoms with Crippen molar-refractivity contribution in [1.82, 2.24) is 5.32 Å². The number of ether oxygens (including phenoxy) is 1. The van der Waals surface area contributed by atoms with Gasteiger partial charge in [-0.05, 0) is 42.9 Å². The predicted octanol–water partition coefficient (Wildman–Crippen LogP) is 1.91. The van der Waals surface area contributed by atoms with E-state index in [0.29, 0.717) is 12.6 Å². The summed E-state index contributed by atoms with van der Waals surface area (Å²) in [5.41, 5.74) is 0. The highest BCUT2D eigenvalue weighted by Crippen LogP contribution is 2.56. The van der Waals surface area contributed by atoms with Crippen molar-refractivity contribution >= 4 is 5.97 Å². The molecule has 0 saturated heterocycles. The fourth-order valence-corrected chi connectivity index (χ4v) is 4.25. The zero-order valence-corrected chi connectivity index (χ0v) is 10.7. The van der Waals surface area contributed by atoms with Crippen molar-refractivity contribution in [2.75, 3.05) is 13.2 Å². The average molecular weight is 247 g/mol. The Bertz CT molecular complexity index is 377. The molecule has 0 aromatic carbocycles. The van der Waals surface area contributed by atoms with Gasteiger partial charge in [0.2, 0.25) is 0 Å². The van der Waals surface area contributed by atoms with Gasteiger partial charge in [-0.25, -0.2) is 4.79 Å². The zero-order chi connectivity index (χ0) is 12.5. The molecule has 3 aliphatic carbocycles. The number of carbonyl (C=O) groups is 1. The van der Waals surface area contributed by atoms with E-state index in [4.69, 9.17) is 4.74 Å². The topological polar surface area (TPSA) is 38.3 Å². The van der Waals surface area contributed by atoms with Crippen LogP contribution in [0.25, 0.3) is 0 Å². The molecule has 98 valence electrons. The molecule has 3 rings (SSSR count). The Labute approximate surface area is 108 Å². The third-order valence-electron chi connectivity index (χ3n) is 4.92. The van der Waals surface area contributed by atoms with E-state index >= 15 is 0 Å². The van der Waals surface area contributed by atoms with Crippen molar-refractivity contribution in [3.8, 4) is 0 Å². The number of allylic oxidation sites excluding steroid dienone is 2. The van der Waals surface area contributed by atoms with Gasteiger partial charge in [0, 0.05) is 18.7 Å². The summed E-state index contributed by atoms with van der Waals surface area (Å²) in [6, 6.07) is 0.638. The molecule has 2 bridgehead atoms. The lowest BCUT2D eigenvalue weighted by molar-refractivity contribution is -0.137. The fraction of sp³-hybridized carbons (Fsp3) is 0.667. The van der Waals surface area contributed by atoms with Gasteiger partial charge in [0.05, 0.1) is 0 Å². The fourth-order valence-electron chi connectivity index (χ4n) is 4.25. The number of hydrogen-bond acceptors (Lipinski definition) is 3. The van der Waals surface area contributed by atoms with E-state index in [-0.39, 0.29) is 5.97 Å². The Kier molecular flexibility index (Phi) is 3.25. The minimum absolute atomic E-state index is 0.329. The van der Waals surface area contributed by atoms with Crippen LogP contribution in [0.15, 0.2) is 24.8 Å². The highest BCUT2D eigenvalue weighted by atomic mass is 16.5. The van der Waals surface area contributed by atoms with Crippen molar-refractivity contribution in [3.63, 3.8) is 0 Å². The van der Waals surface area contributed by atoms with E-state index < -0.39 is 0 Å². The molecule has 18 heavy (non-hydrogen) atoms. The summed E-state index contributed by atoms with van der Waals surface area (Å²) in [5, 5.41) is 3.57. The van der Waals surface area contributed by atoms with E-state index in [2.05, 4.69) is 24.0 Å². The summed E-state index contributed by atoms with van der Waals surface area (Å²) >= 11 is 0. The van der Waals surface area contributed by atoms with E-state index in [9.17, 15) is 4.79 Å². The van der Waals surface area contributed by atoms with Crippen molar-refractivity contribution in [1.29, 1.82) is 0 Å². The highest BCUT2D eigenvalue weighted by Gasteiger charge is 2.51. The first-order valence-corrected chi connectivity index (χ1v) is 6.99. The van der Waals surface area contributed by atoms with E-state index in [1.807, 2.05) is 0 Å². The molecule has 0 radical (unpaired) electrons. The molecule has 0 heterocycles. The highest BCUT2D eigenvalue weighted by molar-refractivity contribution is 5.81. The molecule has 5 unspecified atom stereocenters. The summed E-state index contributed by atoms with van der Waals surface area (Å²) in [6.45, 7) is 4.59. The molecule has 0 spiro atoms. The number of fused-ring (bicyclic) bond motifs is 5. The standard InChI is InChI=1S/C15H21NO2/c1-2-15(17)18-7-6-16-14-9-10-8-13(14)12-5-3-4-11(10)12/h2-4,10-14,16H,1,5-9H2. The van der Waals surface area contributed by atoms with Gasteiger partial charge >= 0.3 is 5.97 Å². The SMILES string of the molecule is C=CC(=O)OCCNC1CC2CC1C1CC=CC21. The normalized spacial score (nSPS) is 39.9. The van der Waals surface area contributed by atoms with Crippen molar-refractivity contribution in [3.05, 3.63) is 24.8 Å². The number of hydrogen-bond donors (Lipinski definition) is 1. The van der Waals surface area contributed by atoms with Crippen LogP contribution >= 0.6 is 0 Å². The maximum absolute atomic E-state index is 10.9. The largest absolute Gasteiger partial charge is 0.461 e. The molecule has 2 saturated carbocycles. The first-order chi connectivity index (χ1) is 8.79. The lowest BCUT2D eigenvalue weighted by atomic mass is 9.79. The zero-order valence-electron chi connectivity index (χ0n) is 10.7. The van der Waals surface area contributed by atoms with Gasteiger partial charge in [-0.1, -0.05) is 18.7 Å². The van der Waals surface area contributed by atoms with Crippen LogP contribution in [-0.2, 0) is 9.53 Å². The monoisotopic (exact) mass is 247 g/mol. The van der Waals surface area contributed by atoms with Gasteiger partial charge in [0.25, 0.3) is 0 Å². The Morgan fingerprint density at radius 1 is 1.44 bits per heavy atom. The first kappa shape index (κ1) is 12.0. The molecule has 0 aromatic rings. The average Bonchev–Trinajstić information content (AvgIpc) is 3.05. The molecule has 0 aliphatic heterocycles. The summed E-state index contributed by atoms with van der Waals surface area (Å²) in [4.78, 5) is 10.9. The molecule has 3 nitrogen and oxygen atoms in total. The van der Waals surface area contributed by atoms with Crippen LogP contribution in [0.5, 0.6) is 0 Å². The molecule has 3 heteroatoms. The number of nitrogens with one attached hydrogen (secondary N) is 1. The second kappa shape index (κ2) is 4.88. The van der Waals surface area contributed by atoms with Crippen LogP contribution in [0.2, 0.25) is 0 Å². The van der Waals surface area contributed by atoms with Crippen LogP contribution in [-0.4, -0.2) is 25.2 Å². The van der Waals surface area contributed by atoms with Gasteiger partial charge in [-0.15, -0.1) is 0 Å². The van der Waals surface area contributed by atoms with E-state index in [1.165, 1.54) is 25.3 Å². The summed E-state index contributed by atoms with van der Waals surface area (Å²) in [5.74, 6) is 3.16. The maximum atomic E-state index is 10.9. The van der Waals surface area contributed by atoms with Gasteiger partial charge in [0.15, 0.2) is 0 Å². The summed E-state index contributed by atoms with van der Waals surface area (Å²) in [6.07, 6.45) is 9.98. The van der Waals surface area contributed by atoms with Gasteiger partial charge in [-0.2, -0.15) is 0 Å². The quantitative estimate of drug-likeness (QED) is 0.349. The van der Waals surface area contributed by atoms with Crippen LogP contribution < -0.4 is 5.32 Å². The number of esters is 1. The lowest BCUT2D eigenvalue weighted by Gasteiger charge is -2.32. The second-order valence-electron chi connectivity index (χ2n) is 5.73. The van der Waals surface area contributed by atoms with Crippen LogP contribution in [0.1, 0.15) is 19.3 Å². The third-order valence-corrected chi connectivity index (χ3v) is 4.92. The third kappa shape index (κ3) is 2.01. The minimum Gasteiger partial charge on any atom is -0.461 e. The second-order valence-corrected chi connectivity index (χ2v) is 5.73. The van der Waals surface area contributed by atoms with Crippen LogP contribution in [0, 0.1) is 23.7 Å². The Morgan fingerprint density at radius 3 is 3.17 bits per heavy atom. The Balaban J connectivity index is 1.43. The molecule has 3 aliphatic rings. The van der Waals surface area contributed by atoms with Gasteiger partial charge < -0.3 is 10.1 Å². The molecule has 0 aromatic heterocycles. The Hall–Kier alpha value is -1.09. The van der Waals surface area contributed by atoms with Gasteiger partial charge in [-0.3, -0.25) is 0 Å². The van der Waals surface area contributed by atoms with E-state index in [1.54, 1.807) is 0 Å². The molecular weight excluding hydrogens is 226 g/mol. The molecule has 2 fully saturated rings. The molecule has 0 amide bonds. The smallest absolute Gasteiger partial charge is 0.330 e. The summed E-state index contributed by atoms with van der Waals surface area (Å²) in [7, 11) is 0. The van der Waals surface area contributed by atoms with Crippen molar-refractivity contribution in [2.45, 2.75) is 25.3 Å². The van der Waals surface area contributed by atoms with Gasteiger partial charge in [0.1, 0.15) is 6.61 Å². The molecular formula is C15H21NO2. The lowest BCUT2D eigenvalue weighted by Crippen LogP contribution is -2.40. The van der Waals surface area contributed by atoms with Crippen LogP contribution in [0.4, 0.5) is 0 Å². The van der Waals surface area contributed by atoms with Crippen LogP contribution in [0.3, 0.4) is 0 Å². The maximum Gasteiger partial charge on any atom is 0.330 e. The number of rotatable bonds is 5. The predicted molar refractivity (Wildman–Crippen MR) is 69.9 cm³/mol. The van der Waals surface area contributed by atoms with Crippen molar-refractivity contribution in [2.24, 2.45) is 23.7 Å². The minimum atomic E-state index is -0.329. The van der Waals surface area contributed by atoms with E-state index in [0.717, 1.165) is 30.2 Å². The summed E-state index contributed by atoms with van der Waals surface area (Å²) < 4.78 is 4.99. The first-order valence-electron chi connectivity index (χ1n) is 6.99. The van der Waals surface area contributed by atoms with Crippen molar-refractivity contribution < 1.29 is 9.53 Å².